The van der Waals surface area contributed by atoms with Crippen molar-refractivity contribution in [1.29, 1.82) is 0 Å². The summed E-state index contributed by atoms with van der Waals surface area (Å²) < 4.78 is 0.827. The molecular formula is C14H20BrClN2O. The molecular weight excluding hydrogens is 328 g/mol. The van der Waals surface area contributed by atoms with Crippen LogP contribution >= 0.6 is 27.5 Å². The maximum atomic E-state index is 12.0. The van der Waals surface area contributed by atoms with Gasteiger partial charge in [0.1, 0.15) is 0 Å². The third-order valence-corrected chi connectivity index (χ3v) is 3.86. The quantitative estimate of drug-likeness (QED) is 0.810. The molecule has 0 spiro atoms. The summed E-state index contributed by atoms with van der Waals surface area (Å²) in [5.41, 5.74) is 6.40. The Hall–Kier alpha value is -0.580. The summed E-state index contributed by atoms with van der Waals surface area (Å²) in [4.78, 5) is 12.0. The Bertz CT molecular complexity index is 437. The Morgan fingerprint density at radius 1 is 1.42 bits per heavy atom. The molecule has 2 unspecified atom stereocenters. The molecule has 5 heteroatoms. The summed E-state index contributed by atoms with van der Waals surface area (Å²) in [7, 11) is 0. The highest BCUT2D eigenvalue weighted by molar-refractivity contribution is 9.10. The molecule has 0 aliphatic rings. The number of hydrogen-bond donors (Lipinski definition) is 2. The van der Waals surface area contributed by atoms with Crippen molar-refractivity contribution in [2.24, 2.45) is 11.7 Å². The van der Waals surface area contributed by atoms with Crippen molar-refractivity contribution in [1.82, 2.24) is 0 Å². The fourth-order valence-corrected chi connectivity index (χ4v) is 2.24. The third kappa shape index (κ3) is 5.93. The van der Waals surface area contributed by atoms with Crippen LogP contribution in [0.2, 0.25) is 5.02 Å². The summed E-state index contributed by atoms with van der Waals surface area (Å²) in [6, 6.07) is 5.52. The first-order chi connectivity index (χ1) is 8.90. The number of nitrogens with two attached hydrogens (primary N) is 1. The summed E-state index contributed by atoms with van der Waals surface area (Å²) in [5.74, 6) is -0.0303. The van der Waals surface area contributed by atoms with Gasteiger partial charge in [0.05, 0.1) is 5.69 Å². The van der Waals surface area contributed by atoms with E-state index in [-0.39, 0.29) is 17.9 Å². The maximum Gasteiger partial charge on any atom is 0.227 e. The predicted octanol–water partition coefficient (Wildman–Crippen LogP) is 4.19. The van der Waals surface area contributed by atoms with Gasteiger partial charge < -0.3 is 11.1 Å². The summed E-state index contributed by atoms with van der Waals surface area (Å²) in [5, 5.41) is 3.49. The third-order valence-electron chi connectivity index (χ3n) is 2.93. The van der Waals surface area contributed by atoms with Crippen molar-refractivity contribution in [3.63, 3.8) is 0 Å². The van der Waals surface area contributed by atoms with Gasteiger partial charge in [-0.25, -0.2) is 0 Å². The zero-order valence-corrected chi connectivity index (χ0v) is 13.6. The topological polar surface area (TPSA) is 55.1 Å². The highest BCUT2D eigenvalue weighted by Gasteiger charge is 2.14. The molecule has 19 heavy (non-hydrogen) atoms. The van der Waals surface area contributed by atoms with Crippen LogP contribution in [0.1, 0.15) is 33.1 Å². The van der Waals surface area contributed by atoms with Gasteiger partial charge >= 0.3 is 0 Å². The first-order valence-electron chi connectivity index (χ1n) is 6.41. The highest BCUT2D eigenvalue weighted by atomic mass is 79.9. The number of carbonyl (C=O) groups is 1. The summed E-state index contributed by atoms with van der Waals surface area (Å²) in [6.07, 6.45) is 2.74. The lowest BCUT2D eigenvalue weighted by Gasteiger charge is -2.14. The fraction of sp³-hybridized carbons (Fsp3) is 0.500. The second-order valence-electron chi connectivity index (χ2n) is 4.92. The molecule has 0 fully saturated rings. The van der Waals surface area contributed by atoms with E-state index in [4.69, 9.17) is 17.3 Å². The van der Waals surface area contributed by atoms with E-state index in [0.29, 0.717) is 10.7 Å². The van der Waals surface area contributed by atoms with Gasteiger partial charge in [-0.05, 0) is 53.9 Å². The standard InChI is InChI=1S/C14H20BrClN2O/c1-9(4-3-5-10(2)17)14(19)18-13-8-11(16)6-7-12(13)15/h6-10H,3-5,17H2,1-2H3,(H,18,19). The Balaban J connectivity index is 2.51. The Morgan fingerprint density at radius 3 is 2.74 bits per heavy atom. The number of rotatable bonds is 6. The number of benzene rings is 1. The van der Waals surface area contributed by atoms with Crippen molar-refractivity contribution >= 4 is 39.1 Å². The van der Waals surface area contributed by atoms with Crippen LogP contribution in [0.5, 0.6) is 0 Å². The van der Waals surface area contributed by atoms with Crippen molar-refractivity contribution < 1.29 is 4.79 Å². The van der Waals surface area contributed by atoms with Crippen LogP contribution < -0.4 is 11.1 Å². The molecule has 1 aromatic rings. The monoisotopic (exact) mass is 346 g/mol. The van der Waals surface area contributed by atoms with Crippen molar-refractivity contribution in [3.8, 4) is 0 Å². The van der Waals surface area contributed by atoms with E-state index in [0.717, 1.165) is 23.7 Å². The lowest BCUT2D eigenvalue weighted by molar-refractivity contribution is -0.119. The predicted molar refractivity (Wildman–Crippen MR) is 84.4 cm³/mol. The Kier molecular flexibility index (Phi) is 6.83. The summed E-state index contributed by atoms with van der Waals surface area (Å²) in [6.45, 7) is 3.91. The van der Waals surface area contributed by atoms with Gasteiger partial charge in [0.2, 0.25) is 5.91 Å². The molecule has 0 saturated heterocycles. The number of hydrogen-bond acceptors (Lipinski definition) is 2. The normalized spacial score (nSPS) is 13.9. The SMILES string of the molecule is CC(N)CCCC(C)C(=O)Nc1cc(Cl)ccc1Br. The van der Waals surface area contributed by atoms with Gasteiger partial charge in [-0.1, -0.05) is 24.9 Å². The fourth-order valence-electron chi connectivity index (χ4n) is 1.73. The molecule has 0 bridgehead atoms. The first-order valence-corrected chi connectivity index (χ1v) is 7.58. The molecule has 0 heterocycles. The van der Waals surface area contributed by atoms with Gasteiger partial charge in [0.25, 0.3) is 0 Å². The number of amides is 1. The van der Waals surface area contributed by atoms with Crippen LogP contribution in [0.3, 0.4) is 0 Å². The first kappa shape index (κ1) is 16.5. The Labute approximate surface area is 128 Å². The molecule has 106 valence electrons. The lowest BCUT2D eigenvalue weighted by Crippen LogP contribution is -2.21. The van der Waals surface area contributed by atoms with E-state index in [9.17, 15) is 4.79 Å². The van der Waals surface area contributed by atoms with Gasteiger partial charge in [0.15, 0.2) is 0 Å². The molecule has 0 aromatic heterocycles. The minimum Gasteiger partial charge on any atom is -0.328 e. The summed E-state index contributed by atoms with van der Waals surface area (Å²) >= 11 is 9.30. The van der Waals surface area contributed by atoms with E-state index in [2.05, 4.69) is 21.2 Å². The van der Waals surface area contributed by atoms with Crippen LogP contribution in [0, 0.1) is 5.92 Å². The zero-order chi connectivity index (χ0) is 14.4. The smallest absolute Gasteiger partial charge is 0.227 e. The molecule has 1 aromatic carbocycles. The van der Waals surface area contributed by atoms with E-state index in [1.807, 2.05) is 19.9 Å². The number of nitrogens with one attached hydrogen (secondary N) is 1. The maximum absolute atomic E-state index is 12.0. The van der Waals surface area contributed by atoms with Gasteiger partial charge in [-0.3, -0.25) is 4.79 Å². The number of anilines is 1. The van der Waals surface area contributed by atoms with E-state index >= 15 is 0 Å². The van der Waals surface area contributed by atoms with Gasteiger partial charge in [0, 0.05) is 21.5 Å². The van der Waals surface area contributed by atoms with Crippen LogP contribution in [-0.4, -0.2) is 11.9 Å². The van der Waals surface area contributed by atoms with Crippen molar-refractivity contribution in [2.45, 2.75) is 39.2 Å². The lowest BCUT2D eigenvalue weighted by atomic mass is 10.0. The second kappa shape index (κ2) is 7.88. The van der Waals surface area contributed by atoms with Crippen LogP contribution in [0.4, 0.5) is 5.69 Å². The van der Waals surface area contributed by atoms with E-state index in [1.54, 1.807) is 12.1 Å². The number of halogens is 2. The molecule has 0 aliphatic heterocycles. The minimum absolute atomic E-state index is 0.00708. The second-order valence-corrected chi connectivity index (χ2v) is 6.21. The molecule has 2 atom stereocenters. The molecule has 1 rings (SSSR count). The van der Waals surface area contributed by atoms with E-state index in [1.165, 1.54) is 0 Å². The van der Waals surface area contributed by atoms with Gasteiger partial charge in [-0.15, -0.1) is 0 Å². The van der Waals surface area contributed by atoms with Crippen molar-refractivity contribution in [2.75, 3.05) is 5.32 Å². The average molecular weight is 348 g/mol. The minimum atomic E-state index is -0.0374. The molecule has 1 amide bonds. The molecule has 0 saturated carbocycles. The molecule has 3 nitrogen and oxygen atoms in total. The average Bonchev–Trinajstić information content (AvgIpc) is 2.33. The largest absolute Gasteiger partial charge is 0.328 e. The molecule has 3 N–H and O–H groups in total. The van der Waals surface area contributed by atoms with E-state index < -0.39 is 0 Å². The van der Waals surface area contributed by atoms with Crippen LogP contribution in [-0.2, 0) is 4.79 Å². The highest BCUT2D eigenvalue weighted by Crippen LogP contribution is 2.26. The zero-order valence-electron chi connectivity index (χ0n) is 11.2. The van der Waals surface area contributed by atoms with Crippen molar-refractivity contribution in [3.05, 3.63) is 27.7 Å². The van der Waals surface area contributed by atoms with Crippen LogP contribution in [0.15, 0.2) is 22.7 Å². The Morgan fingerprint density at radius 2 is 2.11 bits per heavy atom. The van der Waals surface area contributed by atoms with Crippen LogP contribution in [0.25, 0.3) is 0 Å². The molecule has 0 aliphatic carbocycles. The van der Waals surface area contributed by atoms with Gasteiger partial charge in [-0.2, -0.15) is 0 Å². The molecule has 0 radical (unpaired) electrons. The number of carbonyl (C=O) groups excluding carboxylic acids is 1.